The molecule has 5 heterocycles. The summed E-state index contributed by atoms with van der Waals surface area (Å²) in [4.78, 5) is 43.7. The standard InChI is InChI=1S/C31H25F3N6O4/c1-30(2,3)44-29(42)38-28-39-31(15-23(41)40(28)4)19-13-16(17-7-5-11-35-25(17)32)9-10-22(19)43-24-20(31)14-21(37-27(24)34)18-8-6-12-36-26(18)33/h5-14H,15H2,1-4H3,(H,38,39,42). The molecule has 2 aliphatic heterocycles. The summed E-state index contributed by atoms with van der Waals surface area (Å²) in [6.07, 6.45) is 1.30. The van der Waals surface area contributed by atoms with Gasteiger partial charge >= 0.3 is 6.09 Å². The molecule has 1 atom stereocenters. The number of hydrogen-bond donors (Lipinski definition) is 1. The highest BCUT2D eigenvalue weighted by Crippen LogP contribution is 2.54. The number of aliphatic imine (C=N–C) groups is 1. The molecule has 2 aliphatic rings. The molecule has 1 spiro atoms. The molecule has 0 aliphatic carbocycles. The Labute approximate surface area is 249 Å². The predicted octanol–water partition coefficient (Wildman–Crippen LogP) is 5.72. The number of rotatable bonds is 2. The highest BCUT2D eigenvalue weighted by Gasteiger charge is 2.50. The van der Waals surface area contributed by atoms with Crippen LogP contribution in [0, 0.1) is 17.8 Å². The van der Waals surface area contributed by atoms with Crippen LogP contribution in [-0.4, -0.2) is 50.5 Å². The summed E-state index contributed by atoms with van der Waals surface area (Å²) in [5.41, 5.74) is -2.00. The predicted molar refractivity (Wildman–Crippen MR) is 152 cm³/mol. The number of guanidine groups is 1. The molecule has 0 saturated heterocycles. The maximum absolute atomic E-state index is 15.8. The number of pyridine rings is 3. The Morgan fingerprint density at radius 3 is 2.32 bits per heavy atom. The minimum atomic E-state index is -1.73. The number of alkyl carbamates (subject to hydrolysis) is 1. The number of aromatic nitrogens is 3. The average Bonchev–Trinajstić information content (AvgIpc) is 2.96. The van der Waals surface area contributed by atoms with Gasteiger partial charge in [0.1, 0.15) is 16.9 Å². The molecule has 0 saturated carbocycles. The van der Waals surface area contributed by atoms with Crippen molar-refractivity contribution in [3.05, 3.63) is 89.9 Å². The fourth-order valence-electron chi connectivity index (χ4n) is 5.16. The van der Waals surface area contributed by atoms with Gasteiger partial charge in [0.25, 0.3) is 5.95 Å². The number of carbonyl (C=O) groups excluding carboxylic acids is 2. The molecule has 0 bridgehead atoms. The molecule has 4 aromatic rings. The summed E-state index contributed by atoms with van der Waals surface area (Å²) in [7, 11) is 1.41. The van der Waals surface area contributed by atoms with Crippen LogP contribution in [-0.2, 0) is 15.1 Å². The SMILES string of the molecule is CN1C(=O)CC2(N=C1NC(=O)OC(C)(C)C)c1cc(-c3cccnc3F)ccc1Oc1c2cc(-c2cccnc2F)nc1F. The third-order valence-electron chi connectivity index (χ3n) is 7.13. The van der Waals surface area contributed by atoms with Gasteiger partial charge < -0.3 is 9.47 Å². The Morgan fingerprint density at radius 1 is 0.977 bits per heavy atom. The van der Waals surface area contributed by atoms with Crippen LogP contribution >= 0.6 is 0 Å². The highest BCUT2D eigenvalue weighted by molar-refractivity contribution is 6.05. The first-order chi connectivity index (χ1) is 20.9. The van der Waals surface area contributed by atoms with Crippen LogP contribution in [0.4, 0.5) is 18.0 Å². The molecule has 0 radical (unpaired) electrons. The maximum Gasteiger partial charge on any atom is 0.414 e. The summed E-state index contributed by atoms with van der Waals surface area (Å²) >= 11 is 0. The lowest BCUT2D eigenvalue weighted by Gasteiger charge is -2.41. The van der Waals surface area contributed by atoms with Crippen LogP contribution in [0.2, 0.25) is 0 Å². The van der Waals surface area contributed by atoms with Gasteiger partial charge in [0.15, 0.2) is 5.75 Å². The number of benzene rings is 1. The molecule has 0 fully saturated rings. The lowest BCUT2D eigenvalue weighted by Crippen LogP contribution is -2.53. The van der Waals surface area contributed by atoms with Gasteiger partial charge in [-0.15, -0.1) is 0 Å². The molecule has 10 nitrogen and oxygen atoms in total. The number of fused-ring (bicyclic) bond motifs is 4. The number of halogens is 3. The normalized spacial score (nSPS) is 17.4. The highest BCUT2D eigenvalue weighted by atomic mass is 19.1. The molecule has 224 valence electrons. The molecular formula is C31H25F3N6O4. The number of hydrogen-bond acceptors (Lipinski definition) is 8. The van der Waals surface area contributed by atoms with E-state index in [0.717, 1.165) is 4.90 Å². The molecule has 1 N–H and O–H groups in total. The van der Waals surface area contributed by atoms with Crippen molar-refractivity contribution >= 4 is 18.0 Å². The second-order valence-electron chi connectivity index (χ2n) is 11.2. The Balaban J connectivity index is 1.62. The molecule has 6 rings (SSSR count). The van der Waals surface area contributed by atoms with Crippen molar-refractivity contribution in [1.29, 1.82) is 0 Å². The third kappa shape index (κ3) is 4.99. The maximum atomic E-state index is 15.8. The second kappa shape index (κ2) is 10.4. The van der Waals surface area contributed by atoms with E-state index in [9.17, 15) is 18.4 Å². The van der Waals surface area contributed by atoms with Crippen molar-refractivity contribution in [1.82, 2.24) is 25.2 Å². The molecule has 2 amide bonds. The summed E-state index contributed by atoms with van der Waals surface area (Å²) < 4.78 is 56.6. The first-order valence-electron chi connectivity index (χ1n) is 13.5. The molecule has 44 heavy (non-hydrogen) atoms. The van der Waals surface area contributed by atoms with Gasteiger partial charge in [0.05, 0.1) is 17.7 Å². The number of nitrogens with one attached hydrogen (secondary N) is 1. The summed E-state index contributed by atoms with van der Waals surface area (Å²) in [5, 5.41) is 2.52. The van der Waals surface area contributed by atoms with Gasteiger partial charge in [0, 0.05) is 36.1 Å². The van der Waals surface area contributed by atoms with Gasteiger partial charge in [0.2, 0.25) is 23.8 Å². The van der Waals surface area contributed by atoms with E-state index in [-0.39, 0.29) is 51.8 Å². The fourth-order valence-corrected chi connectivity index (χ4v) is 5.16. The Bertz CT molecular complexity index is 1880. The number of carbonyl (C=O) groups is 2. The smallest absolute Gasteiger partial charge is 0.414 e. The van der Waals surface area contributed by atoms with E-state index in [2.05, 4.69) is 20.3 Å². The lowest BCUT2D eigenvalue weighted by molar-refractivity contribution is -0.128. The lowest BCUT2D eigenvalue weighted by atomic mass is 9.76. The summed E-state index contributed by atoms with van der Waals surface area (Å²) in [5.74, 6) is -3.65. The van der Waals surface area contributed by atoms with E-state index < -0.39 is 41.0 Å². The van der Waals surface area contributed by atoms with Crippen LogP contribution in [0.1, 0.15) is 38.3 Å². The molecule has 3 aromatic heterocycles. The van der Waals surface area contributed by atoms with Crippen LogP contribution in [0.3, 0.4) is 0 Å². The van der Waals surface area contributed by atoms with Crippen molar-refractivity contribution in [2.24, 2.45) is 4.99 Å². The zero-order valence-electron chi connectivity index (χ0n) is 24.0. The minimum Gasteiger partial charge on any atom is -0.452 e. The van der Waals surface area contributed by atoms with Crippen molar-refractivity contribution in [3.63, 3.8) is 0 Å². The molecular weight excluding hydrogens is 577 g/mol. The quantitative estimate of drug-likeness (QED) is 0.292. The van der Waals surface area contributed by atoms with E-state index >= 15 is 4.39 Å². The zero-order chi connectivity index (χ0) is 31.4. The van der Waals surface area contributed by atoms with Crippen molar-refractivity contribution in [3.8, 4) is 33.9 Å². The Morgan fingerprint density at radius 2 is 1.66 bits per heavy atom. The Hall–Kier alpha value is -5.33. The summed E-state index contributed by atoms with van der Waals surface area (Å²) in [6, 6.07) is 11.9. The minimum absolute atomic E-state index is 0.0319. The molecule has 13 heteroatoms. The molecule has 1 unspecified atom stereocenters. The summed E-state index contributed by atoms with van der Waals surface area (Å²) in [6.45, 7) is 5.01. The van der Waals surface area contributed by atoms with Crippen molar-refractivity contribution in [2.45, 2.75) is 38.3 Å². The number of ether oxygens (including phenoxy) is 2. The van der Waals surface area contributed by atoms with E-state index in [4.69, 9.17) is 14.5 Å². The van der Waals surface area contributed by atoms with Gasteiger partial charge in [-0.1, -0.05) is 6.07 Å². The van der Waals surface area contributed by atoms with Crippen LogP contribution in [0.25, 0.3) is 22.4 Å². The fraction of sp³-hybridized carbons (Fsp3) is 0.226. The number of nitrogens with zero attached hydrogens (tertiary/aromatic N) is 5. The molecule has 1 aromatic carbocycles. The zero-order valence-corrected chi connectivity index (χ0v) is 24.0. The van der Waals surface area contributed by atoms with E-state index in [1.807, 2.05) is 0 Å². The first kappa shape index (κ1) is 28.8. The first-order valence-corrected chi connectivity index (χ1v) is 13.5. The van der Waals surface area contributed by atoms with E-state index in [1.165, 1.54) is 49.8 Å². The van der Waals surface area contributed by atoms with Crippen molar-refractivity contribution in [2.75, 3.05) is 7.05 Å². The second-order valence-corrected chi connectivity index (χ2v) is 11.2. The van der Waals surface area contributed by atoms with Gasteiger partial charge in [-0.2, -0.15) is 13.2 Å². The van der Waals surface area contributed by atoms with Crippen molar-refractivity contribution < 1.29 is 32.2 Å². The van der Waals surface area contributed by atoms with Gasteiger partial charge in [-0.05, 0) is 68.8 Å². The topological polar surface area (TPSA) is 119 Å². The van der Waals surface area contributed by atoms with Crippen LogP contribution in [0.5, 0.6) is 11.5 Å². The van der Waals surface area contributed by atoms with Gasteiger partial charge in [-0.3, -0.25) is 15.0 Å². The third-order valence-corrected chi connectivity index (χ3v) is 7.13. The number of amides is 2. The van der Waals surface area contributed by atoms with E-state index in [1.54, 1.807) is 39.0 Å². The largest absolute Gasteiger partial charge is 0.452 e. The Kier molecular flexibility index (Phi) is 6.82. The van der Waals surface area contributed by atoms with Crippen LogP contribution in [0.15, 0.2) is 65.9 Å². The average molecular weight is 603 g/mol. The van der Waals surface area contributed by atoms with Crippen LogP contribution < -0.4 is 10.1 Å². The van der Waals surface area contributed by atoms with E-state index in [0.29, 0.717) is 5.56 Å². The van der Waals surface area contributed by atoms with Gasteiger partial charge in [-0.25, -0.2) is 24.7 Å². The monoisotopic (exact) mass is 602 g/mol.